The lowest BCUT2D eigenvalue weighted by Crippen LogP contribution is -2.61. The molecule has 37 heavy (non-hydrogen) atoms. The van der Waals surface area contributed by atoms with Gasteiger partial charge in [0.05, 0.1) is 6.20 Å². The lowest BCUT2D eigenvalue weighted by molar-refractivity contribution is -0.145. The van der Waals surface area contributed by atoms with Gasteiger partial charge in [-0.1, -0.05) is 53.9 Å². The number of carbonyl (C=O) groups excluding carboxylic acids is 4. The topological polar surface area (TPSA) is 133 Å². The van der Waals surface area contributed by atoms with E-state index in [1.54, 1.807) is 11.9 Å². The summed E-state index contributed by atoms with van der Waals surface area (Å²) in [5, 5.41) is 8.53. The van der Waals surface area contributed by atoms with E-state index >= 15 is 0 Å². The number of nitrogens with one attached hydrogen (secondary N) is 3. The van der Waals surface area contributed by atoms with Crippen LogP contribution in [0, 0.1) is 23.2 Å². The zero-order valence-electron chi connectivity index (χ0n) is 22.9. The fourth-order valence-electron chi connectivity index (χ4n) is 5.85. The highest BCUT2D eigenvalue weighted by atomic mass is 16.2. The van der Waals surface area contributed by atoms with Crippen LogP contribution in [0.2, 0.25) is 0 Å². The fourth-order valence-corrected chi connectivity index (χ4v) is 5.85. The maximum Gasteiger partial charge on any atom is 0.272 e. The first kappa shape index (κ1) is 28.5. The Kier molecular flexibility index (Phi) is 9.26. The molecule has 2 heterocycles. The van der Waals surface area contributed by atoms with Crippen LogP contribution in [0.4, 0.5) is 0 Å². The molecule has 3 rings (SSSR count). The van der Waals surface area contributed by atoms with Gasteiger partial charge < -0.3 is 20.9 Å². The first-order chi connectivity index (χ1) is 17.5. The number of hydrogen-bond donors (Lipinski definition) is 3. The minimum absolute atomic E-state index is 0.117. The molecule has 5 atom stereocenters. The van der Waals surface area contributed by atoms with Gasteiger partial charge in [-0.25, -0.2) is 4.98 Å². The van der Waals surface area contributed by atoms with Crippen molar-refractivity contribution in [2.75, 3.05) is 13.6 Å². The van der Waals surface area contributed by atoms with Gasteiger partial charge in [-0.05, 0) is 36.0 Å². The highest BCUT2D eigenvalue weighted by molar-refractivity contribution is 5.98. The van der Waals surface area contributed by atoms with E-state index in [1.807, 2.05) is 34.6 Å². The molecule has 5 unspecified atom stereocenters. The predicted octanol–water partition coefficient (Wildman–Crippen LogP) is 1.92. The molecule has 0 aromatic carbocycles. The average molecular weight is 515 g/mol. The third-order valence-corrected chi connectivity index (χ3v) is 7.97. The number of carbonyl (C=O) groups is 4. The third-order valence-electron chi connectivity index (χ3n) is 7.97. The van der Waals surface area contributed by atoms with Gasteiger partial charge in [-0.3, -0.25) is 24.2 Å². The maximum absolute atomic E-state index is 14.0. The number of aromatic nitrogens is 2. The smallest absolute Gasteiger partial charge is 0.272 e. The van der Waals surface area contributed by atoms with Crippen LogP contribution in [-0.4, -0.2) is 70.2 Å². The van der Waals surface area contributed by atoms with E-state index in [4.69, 9.17) is 0 Å². The predicted molar refractivity (Wildman–Crippen MR) is 139 cm³/mol. The van der Waals surface area contributed by atoms with Crippen molar-refractivity contribution in [2.45, 2.75) is 84.8 Å². The summed E-state index contributed by atoms with van der Waals surface area (Å²) in [6, 6.07) is -2.25. The van der Waals surface area contributed by atoms with E-state index in [0.29, 0.717) is 25.3 Å². The zero-order valence-corrected chi connectivity index (χ0v) is 22.9. The maximum atomic E-state index is 14.0. The van der Waals surface area contributed by atoms with E-state index in [-0.39, 0.29) is 29.3 Å². The summed E-state index contributed by atoms with van der Waals surface area (Å²) in [4.78, 5) is 63.1. The van der Waals surface area contributed by atoms with E-state index in [2.05, 4.69) is 25.9 Å². The normalized spacial score (nSPS) is 22.8. The van der Waals surface area contributed by atoms with Crippen LogP contribution in [0.25, 0.3) is 0 Å². The Morgan fingerprint density at radius 3 is 2.35 bits per heavy atom. The summed E-state index contributed by atoms with van der Waals surface area (Å²) in [5.74, 6) is -1.03. The van der Waals surface area contributed by atoms with Crippen molar-refractivity contribution in [3.05, 3.63) is 24.3 Å². The average Bonchev–Trinajstić information content (AvgIpc) is 3.47. The van der Waals surface area contributed by atoms with Crippen molar-refractivity contribution in [3.8, 4) is 0 Å². The summed E-state index contributed by atoms with van der Waals surface area (Å²) in [5.41, 5.74) is -0.503. The SMILES string of the molecule is CCC(CC)C(NC(=O)c1cnccn1)C(=O)NC(C(=O)N1CC2CCCC2C1C(=O)NC)C(C)(C)C. The lowest BCUT2D eigenvalue weighted by atomic mass is 9.84. The first-order valence-corrected chi connectivity index (χ1v) is 13.4. The van der Waals surface area contributed by atoms with E-state index in [0.717, 1.165) is 19.3 Å². The summed E-state index contributed by atoms with van der Waals surface area (Å²) in [6.07, 6.45) is 8.55. The number of likely N-dealkylation sites (N-methyl/N-ethyl adjacent to an activating group) is 1. The number of likely N-dealkylation sites (tertiary alicyclic amines) is 1. The second-order valence-electron chi connectivity index (χ2n) is 11.3. The van der Waals surface area contributed by atoms with Crippen LogP contribution in [0.5, 0.6) is 0 Å². The molecule has 1 saturated heterocycles. The Morgan fingerprint density at radius 1 is 1.08 bits per heavy atom. The van der Waals surface area contributed by atoms with Crippen LogP contribution in [0.3, 0.4) is 0 Å². The van der Waals surface area contributed by atoms with Crippen molar-refractivity contribution in [2.24, 2.45) is 23.2 Å². The van der Waals surface area contributed by atoms with Gasteiger partial charge in [-0.15, -0.1) is 0 Å². The summed E-state index contributed by atoms with van der Waals surface area (Å²) in [7, 11) is 1.59. The van der Waals surface area contributed by atoms with Gasteiger partial charge in [0.15, 0.2) is 0 Å². The minimum Gasteiger partial charge on any atom is -0.357 e. The van der Waals surface area contributed by atoms with E-state index in [1.165, 1.54) is 18.6 Å². The van der Waals surface area contributed by atoms with Gasteiger partial charge in [0.2, 0.25) is 17.7 Å². The van der Waals surface area contributed by atoms with Crippen LogP contribution in [0.1, 0.15) is 77.2 Å². The van der Waals surface area contributed by atoms with Gasteiger partial charge in [-0.2, -0.15) is 0 Å². The molecule has 1 aromatic rings. The number of fused-ring (bicyclic) bond motifs is 1. The number of rotatable bonds is 9. The highest BCUT2D eigenvalue weighted by Crippen LogP contribution is 2.43. The largest absolute Gasteiger partial charge is 0.357 e. The molecular weight excluding hydrogens is 472 g/mol. The number of amides is 4. The van der Waals surface area contributed by atoms with Gasteiger partial charge >= 0.3 is 0 Å². The molecule has 0 bridgehead atoms. The summed E-state index contributed by atoms with van der Waals surface area (Å²) in [6.45, 7) is 10.1. The quantitative estimate of drug-likeness (QED) is 0.461. The van der Waals surface area contributed by atoms with E-state index in [9.17, 15) is 19.2 Å². The van der Waals surface area contributed by atoms with E-state index < -0.39 is 35.4 Å². The molecule has 1 aliphatic heterocycles. The second-order valence-corrected chi connectivity index (χ2v) is 11.3. The first-order valence-electron chi connectivity index (χ1n) is 13.4. The molecular formula is C27H42N6O4. The molecule has 3 N–H and O–H groups in total. The molecule has 204 valence electrons. The molecule has 1 aromatic heterocycles. The Bertz CT molecular complexity index is 975. The lowest BCUT2D eigenvalue weighted by Gasteiger charge is -2.37. The number of nitrogens with zero attached hydrogens (tertiary/aromatic N) is 3. The van der Waals surface area contributed by atoms with Crippen molar-refractivity contribution in [3.63, 3.8) is 0 Å². The standard InChI is InChI=1S/C27H42N6O4/c1-7-16(8-2)20(31-23(34)19-14-29-12-13-30-19)24(35)32-22(27(3,4)5)26(37)33-15-17-10-9-11-18(17)21(33)25(36)28-6/h12-14,16-18,20-22H,7-11,15H2,1-6H3,(H,28,36)(H,31,34)(H,32,35). The molecule has 2 fully saturated rings. The molecule has 4 amide bonds. The van der Waals surface area contributed by atoms with Gasteiger partial charge in [0, 0.05) is 26.0 Å². The highest BCUT2D eigenvalue weighted by Gasteiger charge is 2.51. The van der Waals surface area contributed by atoms with Crippen molar-refractivity contribution < 1.29 is 19.2 Å². The molecule has 0 radical (unpaired) electrons. The number of hydrogen-bond acceptors (Lipinski definition) is 6. The fraction of sp³-hybridized carbons (Fsp3) is 0.704. The second kappa shape index (κ2) is 12.0. The summed E-state index contributed by atoms with van der Waals surface area (Å²) < 4.78 is 0. The van der Waals surface area contributed by atoms with Crippen molar-refractivity contribution in [1.82, 2.24) is 30.8 Å². The molecule has 1 aliphatic carbocycles. The van der Waals surface area contributed by atoms with Crippen molar-refractivity contribution in [1.29, 1.82) is 0 Å². The van der Waals surface area contributed by atoms with Crippen LogP contribution in [-0.2, 0) is 14.4 Å². The van der Waals surface area contributed by atoms with Gasteiger partial charge in [0.25, 0.3) is 5.91 Å². The zero-order chi connectivity index (χ0) is 27.3. The monoisotopic (exact) mass is 514 g/mol. The Hall–Kier alpha value is -3.04. The molecule has 2 aliphatic rings. The summed E-state index contributed by atoms with van der Waals surface area (Å²) >= 11 is 0. The molecule has 10 heteroatoms. The minimum atomic E-state index is -0.865. The molecule has 1 saturated carbocycles. The Morgan fingerprint density at radius 2 is 1.78 bits per heavy atom. The Balaban J connectivity index is 1.85. The third kappa shape index (κ3) is 6.27. The molecule has 10 nitrogen and oxygen atoms in total. The Labute approximate surface area is 219 Å². The molecule has 0 spiro atoms. The van der Waals surface area contributed by atoms with Gasteiger partial charge in [0.1, 0.15) is 23.8 Å². The van der Waals surface area contributed by atoms with Crippen molar-refractivity contribution >= 4 is 23.6 Å². The van der Waals surface area contributed by atoms with Crippen LogP contribution in [0.15, 0.2) is 18.6 Å². The van der Waals surface area contributed by atoms with Crippen LogP contribution < -0.4 is 16.0 Å². The van der Waals surface area contributed by atoms with Crippen LogP contribution >= 0.6 is 0 Å².